The fraction of sp³-hybridized carbons (Fsp3) is 0.227. The highest BCUT2D eigenvalue weighted by Gasteiger charge is 2.25. The lowest BCUT2D eigenvalue weighted by atomic mass is 10.2. The molecule has 1 fully saturated rings. The van der Waals surface area contributed by atoms with Crippen molar-refractivity contribution in [3.8, 4) is 0 Å². The number of fused-ring (bicyclic) bond motifs is 1. The summed E-state index contributed by atoms with van der Waals surface area (Å²) in [6, 6.07) is 15.1. The minimum absolute atomic E-state index is 0.0311. The molecule has 0 bridgehead atoms. The summed E-state index contributed by atoms with van der Waals surface area (Å²) in [6.07, 6.45) is 0. The SMILES string of the molecule is O=C(CN1CCN(C(=O)c2cc(=O)c3ccccc3o2)CC1)Nc1ccccc1Cl. The van der Waals surface area contributed by atoms with Crippen molar-refractivity contribution in [3.05, 3.63) is 75.6 Å². The van der Waals surface area contributed by atoms with E-state index < -0.39 is 0 Å². The Hall–Kier alpha value is -3.16. The topological polar surface area (TPSA) is 82.9 Å². The van der Waals surface area contributed by atoms with Gasteiger partial charge >= 0.3 is 0 Å². The lowest BCUT2D eigenvalue weighted by molar-refractivity contribution is -0.117. The first-order valence-corrected chi connectivity index (χ1v) is 9.98. The zero-order valence-corrected chi connectivity index (χ0v) is 16.9. The first kappa shape index (κ1) is 20.1. The highest BCUT2D eigenvalue weighted by molar-refractivity contribution is 6.33. The molecule has 2 amide bonds. The Morgan fingerprint density at radius 3 is 2.47 bits per heavy atom. The Kier molecular flexibility index (Phi) is 5.83. The van der Waals surface area contributed by atoms with Gasteiger partial charge in [0.05, 0.1) is 22.6 Å². The largest absolute Gasteiger partial charge is 0.451 e. The fourth-order valence-electron chi connectivity index (χ4n) is 3.43. The lowest BCUT2D eigenvalue weighted by Gasteiger charge is -2.34. The number of hydrogen-bond donors (Lipinski definition) is 1. The van der Waals surface area contributed by atoms with Gasteiger partial charge in [0.15, 0.2) is 11.2 Å². The second-order valence-electron chi connectivity index (χ2n) is 7.07. The van der Waals surface area contributed by atoms with Crippen molar-refractivity contribution in [2.45, 2.75) is 0 Å². The van der Waals surface area contributed by atoms with E-state index in [0.29, 0.717) is 47.9 Å². The number of nitrogens with zero attached hydrogens (tertiary/aromatic N) is 2. The van der Waals surface area contributed by atoms with Gasteiger partial charge in [-0.05, 0) is 24.3 Å². The maximum Gasteiger partial charge on any atom is 0.289 e. The minimum atomic E-state index is -0.321. The van der Waals surface area contributed by atoms with Gasteiger partial charge in [-0.2, -0.15) is 0 Å². The van der Waals surface area contributed by atoms with Crippen LogP contribution in [0, 0.1) is 0 Å². The van der Waals surface area contributed by atoms with Gasteiger partial charge in [-0.1, -0.05) is 35.9 Å². The van der Waals surface area contributed by atoms with Crippen LogP contribution >= 0.6 is 11.6 Å². The van der Waals surface area contributed by atoms with Crippen molar-refractivity contribution in [3.63, 3.8) is 0 Å². The van der Waals surface area contributed by atoms with E-state index in [4.69, 9.17) is 16.0 Å². The van der Waals surface area contributed by atoms with Crippen molar-refractivity contribution >= 4 is 40.1 Å². The molecule has 0 unspecified atom stereocenters. The number of rotatable bonds is 4. The fourth-order valence-corrected chi connectivity index (χ4v) is 3.61. The molecule has 0 atom stereocenters. The highest BCUT2D eigenvalue weighted by Crippen LogP contribution is 2.20. The number of para-hydroxylation sites is 2. The van der Waals surface area contributed by atoms with Crippen molar-refractivity contribution in [2.75, 3.05) is 38.0 Å². The third kappa shape index (κ3) is 4.37. The third-order valence-electron chi connectivity index (χ3n) is 5.02. The van der Waals surface area contributed by atoms with E-state index in [1.807, 2.05) is 4.90 Å². The first-order chi connectivity index (χ1) is 14.5. The summed E-state index contributed by atoms with van der Waals surface area (Å²) in [5.41, 5.74) is 0.725. The molecule has 1 saturated heterocycles. The Bertz CT molecular complexity index is 1150. The highest BCUT2D eigenvalue weighted by atomic mass is 35.5. The molecule has 0 radical (unpaired) electrons. The zero-order chi connectivity index (χ0) is 21.1. The Balaban J connectivity index is 1.35. The summed E-state index contributed by atoms with van der Waals surface area (Å²) in [4.78, 5) is 40.9. The van der Waals surface area contributed by atoms with Crippen LogP contribution in [0.4, 0.5) is 5.69 Å². The second kappa shape index (κ2) is 8.69. The minimum Gasteiger partial charge on any atom is -0.451 e. The summed E-state index contributed by atoms with van der Waals surface area (Å²) in [5, 5.41) is 3.73. The van der Waals surface area contributed by atoms with Crippen molar-refractivity contribution in [1.29, 1.82) is 0 Å². The Labute approximate surface area is 177 Å². The predicted molar refractivity (Wildman–Crippen MR) is 115 cm³/mol. The Morgan fingerprint density at radius 2 is 1.70 bits per heavy atom. The van der Waals surface area contributed by atoms with Crippen LogP contribution < -0.4 is 10.7 Å². The second-order valence-corrected chi connectivity index (χ2v) is 7.47. The molecule has 1 aromatic heterocycles. The van der Waals surface area contributed by atoms with Crippen molar-refractivity contribution in [1.82, 2.24) is 9.80 Å². The van der Waals surface area contributed by atoms with Crippen molar-refractivity contribution < 1.29 is 14.0 Å². The van der Waals surface area contributed by atoms with Gasteiger partial charge in [0.25, 0.3) is 5.91 Å². The van der Waals surface area contributed by atoms with Crippen LogP contribution in [0.5, 0.6) is 0 Å². The van der Waals surface area contributed by atoms with E-state index in [0.717, 1.165) is 0 Å². The standard InChI is InChI=1S/C22H20ClN3O4/c23-16-6-2-3-7-17(16)24-21(28)14-25-9-11-26(12-10-25)22(29)20-13-18(27)15-5-1-4-8-19(15)30-20/h1-8,13H,9-12,14H2,(H,24,28). The third-order valence-corrected chi connectivity index (χ3v) is 5.35. The van der Waals surface area contributed by atoms with Crippen LogP contribution in [-0.2, 0) is 4.79 Å². The van der Waals surface area contributed by atoms with Gasteiger partial charge in [-0.15, -0.1) is 0 Å². The van der Waals surface area contributed by atoms with Crippen LogP contribution in [0.3, 0.4) is 0 Å². The number of carbonyl (C=O) groups excluding carboxylic acids is 2. The maximum atomic E-state index is 12.8. The number of carbonyl (C=O) groups is 2. The average Bonchev–Trinajstić information content (AvgIpc) is 2.75. The molecule has 1 N–H and O–H groups in total. The number of benzene rings is 2. The van der Waals surface area contributed by atoms with E-state index in [9.17, 15) is 14.4 Å². The number of amides is 2. The van der Waals surface area contributed by atoms with Crippen LogP contribution in [0.2, 0.25) is 5.02 Å². The van der Waals surface area contributed by atoms with Gasteiger partial charge in [0, 0.05) is 32.2 Å². The smallest absolute Gasteiger partial charge is 0.289 e. The van der Waals surface area contributed by atoms with Gasteiger partial charge < -0.3 is 14.6 Å². The van der Waals surface area contributed by atoms with Crippen LogP contribution in [0.25, 0.3) is 11.0 Å². The summed E-state index contributed by atoms with van der Waals surface area (Å²) in [5.74, 6) is -0.454. The quantitative estimate of drug-likeness (QED) is 0.695. The number of piperazine rings is 1. The summed E-state index contributed by atoms with van der Waals surface area (Å²) in [7, 11) is 0. The summed E-state index contributed by atoms with van der Waals surface area (Å²) < 4.78 is 5.65. The summed E-state index contributed by atoms with van der Waals surface area (Å²) in [6.45, 7) is 2.17. The predicted octanol–water partition coefficient (Wildman–Crippen LogP) is 2.84. The molecular weight excluding hydrogens is 406 g/mol. The molecule has 30 heavy (non-hydrogen) atoms. The molecule has 0 spiro atoms. The molecule has 4 rings (SSSR count). The molecule has 7 nitrogen and oxygen atoms in total. The van der Waals surface area contributed by atoms with E-state index in [1.165, 1.54) is 6.07 Å². The van der Waals surface area contributed by atoms with Crippen molar-refractivity contribution in [2.24, 2.45) is 0 Å². The molecule has 0 aliphatic carbocycles. The first-order valence-electron chi connectivity index (χ1n) is 9.60. The molecular formula is C22H20ClN3O4. The average molecular weight is 426 g/mol. The van der Waals surface area contributed by atoms with Gasteiger partial charge in [-0.3, -0.25) is 19.3 Å². The monoisotopic (exact) mass is 425 g/mol. The molecule has 154 valence electrons. The van der Waals surface area contributed by atoms with E-state index in [1.54, 1.807) is 53.4 Å². The van der Waals surface area contributed by atoms with Crippen LogP contribution in [0.1, 0.15) is 10.6 Å². The summed E-state index contributed by atoms with van der Waals surface area (Å²) >= 11 is 6.07. The molecule has 2 aromatic carbocycles. The van der Waals surface area contributed by atoms with Crippen LogP contribution in [-0.4, -0.2) is 54.3 Å². The van der Waals surface area contributed by atoms with Gasteiger partial charge in [0.2, 0.25) is 5.91 Å². The maximum absolute atomic E-state index is 12.8. The van der Waals surface area contributed by atoms with E-state index in [2.05, 4.69) is 5.32 Å². The van der Waals surface area contributed by atoms with E-state index in [-0.39, 0.29) is 29.5 Å². The molecule has 8 heteroatoms. The molecule has 1 aliphatic rings. The number of anilines is 1. The number of halogens is 1. The Morgan fingerprint density at radius 1 is 1.00 bits per heavy atom. The normalized spacial score (nSPS) is 14.6. The number of hydrogen-bond acceptors (Lipinski definition) is 5. The molecule has 2 heterocycles. The van der Waals surface area contributed by atoms with Gasteiger partial charge in [0.1, 0.15) is 5.58 Å². The van der Waals surface area contributed by atoms with Crippen LogP contribution in [0.15, 0.2) is 63.8 Å². The number of nitrogens with one attached hydrogen (secondary N) is 1. The molecule has 1 aliphatic heterocycles. The molecule has 3 aromatic rings. The lowest BCUT2D eigenvalue weighted by Crippen LogP contribution is -2.50. The van der Waals surface area contributed by atoms with E-state index >= 15 is 0 Å². The zero-order valence-electron chi connectivity index (χ0n) is 16.1. The molecule has 0 saturated carbocycles. The van der Waals surface area contributed by atoms with Gasteiger partial charge in [-0.25, -0.2) is 0 Å².